The van der Waals surface area contributed by atoms with Gasteiger partial charge in [-0.15, -0.1) is 24.0 Å². The topological polar surface area (TPSA) is 58.1 Å². The summed E-state index contributed by atoms with van der Waals surface area (Å²) in [5.41, 5.74) is 3.50. The van der Waals surface area contributed by atoms with Crippen molar-refractivity contribution in [1.82, 2.24) is 10.6 Å². The molecule has 0 amide bonds. The first kappa shape index (κ1) is 26.1. The van der Waals surface area contributed by atoms with Gasteiger partial charge in [0.2, 0.25) is 0 Å². The van der Waals surface area contributed by atoms with E-state index in [0.717, 1.165) is 49.1 Å². The van der Waals surface area contributed by atoms with Gasteiger partial charge in [-0.3, -0.25) is 4.99 Å². The van der Waals surface area contributed by atoms with Crippen molar-refractivity contribution in [2.75, 3.05) is 38.7 Å². The number of guanidine groups is 1. The van der Waals surface area contributed by atoms with Crippen molar-refractivity contribution in [2.24, 2.45) is 10.9 Å². The summed E-state index contributed by atoms with van der Waals surface area (Å²) < 4.78 is 11.5. The highest BCUT2D eigenvalue weighted by Crippen LogP contribution is 2.31. The molecule has 1 heterocycles. The first-order valence-corrected chi connectivity index (χ1v) is 11.1. The Bertz CT molecular complexity index is 888. The molecule has 7 heteroatoms. The number of rotatable bonds is 8. The second kappa shape index (κ2) is 12.8. The highest BCUT2D eigenvalue weighted by molar-refractivity contribution is 14.0. The number of aliphatic imine (C=N–C) groups is 1. The maximum Gasteiger partial charge on any atom is 0.191 e. The van der Waals surface area contributed by atoms with Crippen LogP contribution in [0.15, 0.2) is 47.5 Å². The smallest absolute Gasteiger partial charge is 0.191 e. The fraction of sp³-hybridized carbons (Fsp3) is 0.480. The zero-order chi connectivity index (χ0) is 22.2. The number of hydrogen-bond donors (Lipinski definition) is 2. The SMILES string of the molecule is CN=C(NCc1ccc(C)cc1OC(C)C)NCC1CCN(c2ccccc2OC)C1.I. The van der Waals surface area contributed by atoms with Gasteiger partial charge in [0.1, 0.15) is 11.5 Å². The molecule has 2 aromatic rings. The van der Waals surface area contributed by atoms with Gasteiger partial charge in [0.05, 0.1) is 18.9 Å². The summed E-state index contributed by atoms with van der Waals surface area (Å²) in [5.74, 6) is 3.24. The van der Waals surface area contributed by atoms with Crippen LogP contribution in [0.2, 0.25) is 0 Å². The summed E-state index contributed by atoms with van der Waals surface area (Å²) >= 11 is 0. The van der Waals surface area contributed by atoms with Crippen molar-refractivity contribution in [3.05, 3.63) is 53.6 Å². The van der Waals surface area contributed by atoms with Gasteiger partial charge in [0, 0.05) is 38.8 Å². The predicted molar refractivity (Wildman–Crippen MR) is 144 cm³/mol. The number of anilines is 1. The molecular formula is C25H37IN4O2. The minimum atomic E-state index is 0. The van der Waals surface area contributed by atoms with Crippen molar-refractivity contribution in [2.45, 2.75) is 39.8 Å². The molecule has 1 fully saturated rings. The molecule has 1 aliphatic rings. The molecule has 0 aliphatic carbocycles. The maximum absolute atomic E-state index is 5.99. The maximum atomic E-state index is 5.99. The number of ether oxygens (including phenoxy) is 2. The molecule has 3 rings (SSSR count). The lowest BCUT2D eigenvalue weighted by atomic mass is 10.1. The molecule has 0 bridgehead atoms. The van der Waals surface area contributed by atoms with Crippen LogP contribution in [-0.4, -0.2) is 45.9 Å². The molecule has 0 saturated carbocycles. The van der Waals surface area contributed by atoms with E-state index in [-0.39, 0.29) is 30.1 Å². The summed E-state index contributed by atoms with van der Waals surface area (Å²) in [5, 5.41) is 6.92. The molecular weight excluding hydrogens is 515 g/mol. The van der Waals surface area contributed by atoms with Gasteiger partial charge in [0.25, 0.3) is 0 Å². The Labute approximate surface area is 209 Å². The molecule has 1 atom stereocenters. The van der Waals surface area contributed by atoms with Crippen LogP contribution in [0.4, 0.5) is 5.69 Å². The molecule has 0 radical (unpaired) electrons. The molecule has 1 saturated heterocycles. The van der Waals surface area contributed by atoms with E-state index in [1.165, 1.54) is 11.3 Å². The highest BCUT2D eigenvalue weighted by atomic mass is 127. The number of hydrogen-bond acceptors (Lipinski definition) is 4. The number of aryl methyl sites for hydroxylation is 1. The molecule has 0 aromatic heterocycles. The van der Waals surface area contributed by atoms with Gasteiger partial charge in [-0.05, 0) is 56.9 Å². The molecule has 2 N–H and O–H groups in total. The highest BCUT2D eigenvalue weighted by Gasteiger charge is 2.24. The number of methoxy groups -OCH3 is 1. The summed E-state index contributed by atoms with van der Waals surface area (Å²) in [6, 6.07) is 14.6. The minimum Gasteiger partial charge on any atom is -0.495 e. The minimum absolute atomic E-state index is 0. The van der Waals surface area contributed by atoms with Crippen molar-refractivity contribution in [1.29, 1.82) is 0 Å². The van der Waals surface area contributed by atoms with Crippen LogP contribution in [0.3, 0.4) is 0 Å². The number of para-hydroxylation sites is 2. The summed E-state index contributed by atoms with van der Waals surface area (Å²) in [4.78, 5) is 6.80. The number of nitrogens with zero attached hydrogens (tertiary/aromatic N) is 2. The van der Waals surface area contributed by atoms with E-state index in [1.807, 2.05) is 19.2 Å². The van der Waals surface area contributed by atoms with Gasteiger partial charge < -0.3 is 25.0 Å². The predicted octanol–water partition coefficient (Wildman–Crippen LogP) is 4.60. The Balaban J connectivity index is 0.00000363. The van der Waals surface area contributed by atoms with Crippen molar-refractivity contribution >= 4 is 35.6 Å². The number of halogens is 1. The van der Waals surface area contributed by atoms with E-state index >= 15 is 0 Å². The van der Waals surface area contributed by atoms with Crippen LogP contribution < -0.4 is 25.0 Å². The van der Waals surface area contributed by atoms with Gasteiger partial charge >= 0.3 is 0 Å². The molecule has 2 aromatic carbocycles. The van der Waals surface area contributed by atoms with Gasteiger partial charge in [0.15, 0.2) is 5.96 Å². The lowest BCUT2D eigenvalue weighted by Gasteiger charge is -2.21. The monoisotopic (exact) mass is 552 g/mol. The van der Waals surface area contributed by atoms with Crippen LogP contribution in [0.5, 0.6) is 11.5 Å². The van der Waals surface area contributed by atoms with Crippen molar-refractivity contribution in [3.63, 3.8) is 0 Å². The van der Waals surface area contributed by atoms with Crippen molar-refractivity contribution in [3.8, 4) is 11.5 Å². The van der Waals surface area contributed by atoms with Crippen LogP contribution in [-0.2, 0) is 6.54 Å². The Kier molecular flexibility index (Phi) is 10.4. The molecule has 1 aliphatic heterocycles. The van der Waals surface area contributed by atoms with Crippen LogP contribution in [0, 0.1) is 12.8 Å². The van der Waals surface area contributed by atoms with Crippen LogP contribution >= 0.6 is 24.0 Å². The van der Waals surface area contributed by atoms with E-state index < -0.39 is 0 Å². The Morgan fingerprint density at radius 3 is 2.66 bits per heavy atom. The largest absolute Gasteiger partial charge is 0.495 e. The zero-order valence-corrected chi connectivity index (χ0v) is 22.2. The quantitative estimate of drug-likeness (QED) is 0.285. The average molecular weight is 553 g/mol. The fourth-order valence-electron chi connectivity index (χ4n) is 3.92. The molecule has 6 nitrogen and oxygen atoms in total. The van der Waals surface area contributed by atoms with Gasteiger partial charge in [-0.25, -0.2) is 0 Å². The number of nitrogens with one attached hydrogen (secondary N) is 2. The summed E-state index contributed by atoms with van der Waals surface area (Å²) in [7, 11) is 3.54. The Hall–Kier alpha value is -2.16. The Morgan fingerprint density at radius 1 is 1.16 bits per heavy atom. The average Bonchev–Trinajstić information content (AvgIpc) is 3.23. The molecule has 0 spiro atoms. The zero-order valence-electron chi connectivity index (χ0n) is 19.9. The lowest BCUT2D eigenvalue weighted by molar-refractivity contribution is 0.239. The second-order valence-corrected chi connectivity index (χ2v) is 8.36. The third-order valence-corrected chi connectivity index (χ3v) is 5.53. The summed E-state index contributed by atoms with van der Waals surface area (Å²) in [6.07, 6.45) is 1.29. The van der Waals surface area contributed by atoms with E-state index in [1.54, 1.807) is 7.11 Å². The van der Waals surface area contributed by atoms with E-state index in [9.17, 15) is 0 Å². The van der Waals surface area contributed by atoms with E-state index in [2.05, 4.69) is 71.6 Å². The molecule has 176 valence electrons. The normalized spacial score (nSPS) is 16.0. The first-order chi connectivity index (χ1) is 15.0. The number of benzene rings is 2. The first-order valence-electron chi connectivity index (χ1n) is 11.1. The van der Waals surface area contributed by atoms with Crippen molar-refractivity contribution < 1.29 is 9.47 Å². The van der Waals surface area contributed by atoms with Crippen LogP contribution in [0.25, 0.3) is 0 Å². The standard InChI is InChI=1S/C25H36N4O2.HI/c1-18(2)31-24-14-19(3)10-11-21(24)16-28-25(26-4)27-15-20-12-13-29(17-20)22-8-6-7-9-23(22)30-5;/h6-11,14,18,20H,12-13,15-17H2,1-5H3,(H2,26,27,28);1H. The molecule has 1 unspecified atom stereocenters. The van der Waals surface area contributed by atoms with Gasteiger partial charge in [-0.2, -0.15) is 0 Å². The third-order valence-electron chi connectivity index (χ3n) is 5.53. The third kappa shape index (κ3) is 7.18. The van der Waals surface area contributed by atoms with E-state index in [0.29, 0.717) is 12.5 Å². The van der Waals surface area contributed by atoms with E-state index in [4.69, 9.17) is 9.47 Å². The second-order valence-electron chi connectivity index (χ2n) is 8.36. The van der Waals surface area contributed by atoms with Crippen LogP contribution in [0.1, 0.15) is 31.4 Å². The Morgan fingerprint density at radius 2 is 1.94 bits per heavy atom. The van der Waals surface area contributed by atoms with Gasteiger partial charge in [-0.1, -0.05) is 24.3 Å². The molecule has 32 heavy (non-hydrogen) atoms. The lowest BCUT2D eigenvalue weighted by Crippen LogP contribution is -2.40. The summed E-state index contributed by atoms with van der Waals surface area (Å²) in [6.45, 7) is 9.79. The fourth-order valence-corrected chi connectivity index (χ4v) is 3.92.